The molecule has 0 atom stereocenters. The second-order valence-electron chi connectivity index (χ2n) is 4.97. The fourth-order valence-corrected chi connectivity index (χ4v) is 1.85. The molecule has 0 spiro atoms. The van der Waals surface area contributed by atoms with Crippen molar-refractivity contribution in [1.82, 2.24) is 0 Å². The van der Waals surface area contributed by atoms with Gasteiger partial charge >= 0.3 is 11.9 Å². The average molecular weight is 323 g/mol. The Hall–Kier alpha value is -2.44. The molecule has 0 aliphatic carbocycles. The van der Waals surface area contributed by atoms with Gasteiger partial charge in [0.05, 0.1) is 18.1 Å². The average Bonchev–Trinajstić information content (AvgIpc) is 2.53. The van der Waals surface area contributed by atoms with Gasteiger partial charge in [-0.3, -0.25) is 19.7 Å². The number of nitrogens with zero attached hydrogens (tertiary/aromatic N) is 1. The van der Waals surface area contributed by atoms with Crippen LogP contribution in [0, 0.1) is 10.1 Å². The van der Waals surface area contributed by atoms with Gasteiger partial charge in [-0.25, -0.2) is 0 Å². The van der Waals surface area contributed by atoms with Gasteiger partial charge < -0.3 is 9.47 Å². The Morgan fingerprint density at radius 2 is 1.78 bits per heavy atom. The number of hydrogen-bond donors (Lipinski definition) is 0. The van der Waals surface area contributed by atoms with Gasteiger partial charge in [-0.15, -0.1) is 0 Å². The van der Waals surface area contributed by atoms with Gasteiger partial charge in [-0.2, -0.15) is 0 Å². The lowest BCUT2D eigenvalue weighted by Gasteiger charge is -2.05. The van der Waals surface area contributed by atoms with Crippen LogP contribution >= 0.6 is 0 Å². The van der Waals surface area contributed by atoms with Crippen molar-refractivity contribution >= 4 is 17.6 Å². The van der Waals surface area contributed by atoms with Gasteiger partial charge in [-0.1, -0.05) is 19.1 Å². The highest BCUT2D eigenvalue weighted by Gasteiger charge is 2.08. The fraction of sp³-hybridized carbons (Fsp3) is 0.500. The molecule has 0 heterocycles. The molecule has 1 aromatic carbocycles. The Balaban J connectivity index is 2.20. The lowest BCUT2D eigenvalue weighted by atomic mass is 10.1. The van der Waals surface area contributed by atoms with Crippen LogP contribution < -0.4 is 0 Å². The maximum atomic E-state index is 11.5. The number of benzene rings is 1. The van der Waals surface area contributed by atoms with Gasteiger partial charge in [0.25, 0.3) is 5.69 Å². The molecule has 0 aliphatic heterocycles. The largest absolute Gasteiger partial charge is 0.466 e. The zero-order valence-electron chi connectivity index (χ0n) is 13.2. The van der Waals surface area contributed by atoms with Crippen LogP contribution in [-0.2, 0) is 25.5 Å². The zero-order chi connectivity index (χ0) is 17.1. The first-order chi connectivity index (χ1) is 11.0. The van der Waals surface area contributed by atoms with E-state index >= 15 is 0 Å². The summed E-state index contributed by atoms with van der Waals surface area (Å²) in [6, 6.07) is 6.20. The summed E-state index contributed by atoms with van der Waals surface area (Å²) in [6.45, 7) is 2.46. The van der Waals surface area contributed by atoms with Gasteiger partial charge in [-0.05, 0) is 18.4 Å². The normalized spacial score (nSPS) is 10.1. The van der Waals surface area contributed by atoms with Crippen molar-refractivity contribution in [1.29, 1.82) is 0 Å². The smallest absolute Gasteiger partial charge is 0.305 e. The summed E-state index contributed by atoms with van der Waals surface area (Å²) < 4.78 is 9.94. The minimum Gasteiger partial charge on any atom is -0.466 e. The van der Waals surface area contributed by atoms with Crippen LogP contribution in [0.5, 0.6) is 0 Å². The number of rotatable bonds is 10. The lowest BCUT2D eigenvalue weighted by molar-refractivity contribution is -0.384. The first-order valence-electron chi connectivity index (χ1n) is 7.57. The van der Waals surface area contributed by atoms with E-state index in [2.05, 4.69) is 0 Å². The van der Waals surface area contributed by atoms with Crippen molar-refractivity contribution in [3.05, 3.63) is 39.9 Å². The van der Waals surface area contributed by atoms with Gasteiger partial charge in [0.1, 0.15) is 0 Å². The second kappa shape index (κ2) is 10.3. The molecule has 1 aromatic rings. The molecule has 0 aromatic heterocycles. The molecular weight excluding hydrogens is 302 g/mol. The van der Waals surface area contributed by atoms with Crippen molar-refractivity contribution in [3.63, 3.8) is 0 Å². The quantitative estimate of drug-likeness (QED) is 0.373. The van der Waals surface area contributed by atoms with Crippen molar-refractivity contribution < 1.29 is 24.0 Å². The Kier molecular flexibility index (Phi) is 8.34. The monoisotopic (exact) mass is 323 g/mol. The van der Waals surface area contributed by atoms with E-state index in [1.165, 1.54) is 12.1 Å². The minimum atomic E-state index is -0.465. The third-order valence-corrected chi connectivity index (χ3v) is 3.00. The van der Waals surface area contributed by atoms with E-state index in [1.54, 1.807) is 12.1 Å². The predicted octanol–water partition coefficient (Wildman–Crippen LogP) is 2.80. The number of carbonyl (C=O) groups is 2. The maximum absolute atomic E-state index is 11.5. The molecule has 0 aliphatic rings. The molecule has 126 valence electrons. The van der Waals surface area contributed by atoms with E-state index in [0.717, 1.165) is 12.0 Å². The molecule has 1 rings (SSSR count). The van der Waals surface area contributed by atoms with Crippen molar-refractivity contribution in [2.24, 2.45) is 0 Å². The molecule has 0 amide bonds. The van der Waals surface area contributed by atoms with E-state index < -0.39 is 10.9 Å². The van der Waals surface area contributed by atoms with Crippen LogP contribution in [0.4, 0.5) is 5.69 Å². The third kappa shape index (κ3) is 7.94. The second-order valence-corrected chi connectivity index (χ2v) is 4.97. The first kappa shape index (κ1) is 18.6. The Bertz CT molecular complexity index is 543. The summed E-state index contributed by atoms with van der Waals surface area (Å²) in [5, 5.41) is 10.7. The summed E-state index contributed by atoms with van der Waals surface area (Å²) in [5.41, 5.74) is 0.745. The van der Waals surface area contributed by atoms with E-state index in [4.69, 9.17) is 9.47 Å². The maximum Gasteiger partial charge on any atom is 0.305 e. The van der Waals surface area contributed by atoms with E-state index in [0.29, 0.717) is 19.4 Å². The summed E-state index contributed by atoms with van der Waals surface area (Å²) in [7, 11) is 0. The topological polar surface area (TPSA) is 95.7 Å². The molecule has 0 radical (unpaired) electrons. The molecule has 23 heavy (non-hydrogen) atoms. The molecule has 0 unspecified atom stereocenters. The minimum absolute atomic E-state index is 0.0134. The van der Waals surface area contributed by atoms with Crippen molar-refractivity contribution in [2.45, 2.75) is 39.0 Å². The lowest BCUT2D eigenvalue weighted by Crippen LogP contribution is -2.10. The van der Waals surface area contributed by atoms with Gasteiger partial charge in [0.2, 0.25) is 0 Å². The molecule has 0 fully saturated rings. The summed E-state index contributed by atoms with van der Waals surface area (Å²) in [6.07, 6.45) is 1.91. The molecule has 7 nitrogen and oxygen atoms in total. The standard InChI is InChI=1S/C16H21NO6/c1-2-10-22-15(18)7-4-8-16(19)23-11-9-13-5-3-6-14(12-13)17(20)21/h3,5-6,12H,2,4,7-11H2,1H3. The Labute approximate surface area is 134 Å². The molecule has 0 saturated carbocycles. The zero-order valence-corrected chi connectivity index (χ0v) is 13.2. The molecular formula is C16H21NO6. The third-order valence-electron chi connectivity index (χ3n) is 3.00. The highest BCUT2D eigenvalue weighted by atomic mass is 16.6. The van der Waals surface area contributed by atoms with Crippen LogP contribution in [-0.4, -0.2) is 30.1 Å². The van der Waals surface area contributed by atoms with Crippen LogP contribution in [0.2, 0.25) is 0 Å². The SMILES string of the molecule is CCCOC(=O)CCCC(=O)OCCc1cccc([N+](=O)[O-])c1. The number of ether oxygens (including phenoxy) is 2. The number of nitro groups is 1. The predicted molar refractivity (Wildman–Crippen MR) is 82.9 cm³/mol. The first-order valence-corrected chi connectivity index (χ1v) is 7.57. The summed E-state index contributed by atoms with van der Waals surface area (Å²) >= 11 is 0. The molecule has 0 saturated heterocycles. The molecule has 0 N–H and O–H groups in total. The van der Waals surface area contributed by atoms with Crippen molar-refractivity contribution in [3.8, 4) is 0 Å². The van der Waals surface area contributed by atoms with E-state index in [-0.39, 0.29) is 31.1 Å². The number of esters is 2. The van der Waals surface area contributed by atoms with E-state index in [9.17, 15) is 19.7 Å². The fourth-order valence-electron chi connectivity index (χ4n) is 1.85. The molecule has 0 bridgehead atoms. The van der Waals surface area contributed by atoms with Crippen LogP contribution in [0.15, 0.2) is 24.3 Å². The van der Waals surface area contributed by atoms with Gasteiger partial charge in [0.15, 0.2) is 0 Å². The number of hydrogen-bond acceptors (Lipinski definition) is 6. The number of non-ortho nitro benzene ring substituents is 1. The summed E-state index contributed by atoms with van der Waals surface area (Å²) in [4.78, 5) is 33.0. The van der Waals surface area contributed by atoms with Gasteiger partial charge in [0, 0.05) is 31.4 Å². The highest BCUT2D eigenvalue weighted by Crippen LogP contribution is 2.13. The summed E-state index contributed by atoms with van der Waals surface area (Å²) in [5.74, 6) is -0.699. The highest BCUT2D eigenvalue weighted by molar-refractivity contribution is 5.72. The molecule has 7 heteroatoms. The van der Waals surface area contributed by atoms with Crippen molar-refractivity contribution in [2.75, 3.05) is 13.2 Å². The van der Waals surface area contributed by atoms with Crippen LogP contribution in [0.3, 0.4) is 0 Å². The van der Waals surface area contributed by atoms with Crippen LogP contribution in [0.1, 0.15) is 38.2 Å². The Morgan fingerprint density at radius 3 is 2.39 bits per heavy atom. The number of nitro benzene ring substituents is 1. The number of carbonyl (C=O) groups excluding carboxylic acids is 2. The Morgan fingerprint density at radius 1 is 1.13 bits per heavy atom. The van der Waals surface area contributed by atoms with Crippen LogP contribution in [0.25, 0.3) is 0 Å². The van der Waals surface area contributed by atoms with E-state index in [1.807, 2.05) is 6.92 Å².